The minimum atomic E-state index is -0.962. The second kappa shape index (κ2) is 17.1. The number of hydrogen-bond donors (Lipinski definition) is 3. The van der Waals surface area contributed by atoms with Crippen molar-refractivity contribution < 1.29 is 33.4 Å². The third-order valence-electron chi connectivity index (χ3n) is 10.4. The molecule has 286 valence electrons. The molecule has 3 amide bonds. The number of likely N-dealkylation sites (tertiary alicyclic amines) is 2. The number of aromatic nitrogens is 4. The number of ether oxygens (including phenoxy) is 3. The number of esters is 1. The number of imidazole rings is 2. The van der Waals surface area contributed by atoms with Crippen LogP contribution in [0.5, 0.6) is 0 Å². The van der Waals surface area contributed by atoms with E-state index in [0.29, 0.717) is 36.6 Å². The number of carbonyl (C=O) groups excluding carboxylic acids is 4. The van der Waals surface area contributed by atoms with E-state index in [-0.39, 0.29) is 24.3 Å². The Morgan fingerprint density at radius 2 is 1.44 bits per heavy atom. The van der Waals surface area contributed by atoms with Gasteiger partial charge >= 0.3 is 12.1 Å². The molecule has 2 aromatic heterocycles. The zero-order valence-electron chi connectivity index (χ0n) is 31.5. The van der Waals surface area contributed by atoms with Crippen LogP contribution in [0, 0.1) is 0 Å². The van der Waals surface area contributed by atoms with Gasteiger partial charge < -0.3 is 39.3 Å². The standard InChI is InChI=1S/C40H49N7O7/c1-6-9-33(48)46-20-7-10-31(46)37-41-23-30(43-37)27-16-12-25(13-17-27)26-14-18-28(19-15-26)36-29(22-34(49)53-4)42-38(44-36)32-11-8-21-47(32)39(50)35(24(2)52-3)45-40(51)54-5/h12-19,23-24,31-32,35H,6-11,20-22H2,1-5H3,(H,41,43)(H,42,44)(H,45,51)/t24-,31+,32+,35+/m1/s1. The highest BCUT2D eigenvalue weighted by molar-refractivity contribution is 5.87. The molecule has 6 rings (SSSR count). The van der Waals surface area contributed by atoms with Gasteiger partial charge in [0.25, 0.3) is 0 Å². The van der Waals surface area contributed by atoms with E-state index in [9.17, 15) is 19.2 Å². The largest absolute Gasteiger partial charge is 0.469 e. The molecule has 2 saturated heterocycles. The average Bonchev–Trinajstić information content (AvgIpc) is 4.03. The summed E-state index contributed by atoms with van der Waals surface area (Å²) in [4.78, 5) is 71.1. The maximum atomic E-state index is 13.8. The number of nitrogens with zero attached hydrogens (tertiary/aromatic N) is 4. The lowest BCUT2D eigenvalue weighted by atomic mass is 10.0. The zero-order valence-corrected chi connectivity index (χ0v) is 31.5. The molecule has 0 aliphatic carbocycles. The van der Waals surface area contributed by atoms with E-state index in [1.165, 1.54) is 21.3 Å². The van der Waals surface area contributed by atoms with E-state index in [0.717, 1.165) is 66.0 Å². The van der Waals surface area contributed by atoms with Gasteiger partial charge in [-0.3, -0.25) is 14.4 Å². The third kappa shape index (κ3) is 8.18. The second-order valence-corrected chi connectivity index (χ2v) is 13.8. The summed E-state index contributed by atoms with van der Waals surface area (Å²) in [6.45, 7) is 4.97. The molecule has 2 aromatic carbocycles. The number of alkyl carbamates (subject to hydrolysis) is 1. The Bertz CT molecular complexity index is 1940. The van der Waals surface area contributed by atoms with Crippen LogP contribution in [0.15, 0.2) is 54.7 Å². The summed E-state index contributed by atoms with van der Waals surface area (Å²) in [5.41, 5.74) is 5.90. The number of rotatable bonds is 13. The fourth-order valence-corrected chi connectivity index (χ4v) is 7.39. The Balaban J connectivity index is 1.20. The van der Waals surface area contributed by atoms with Crippen molar-refractivity contribution in [1.29, 1.82) is 0 Å². The summed E-state index contributed by atoms with van der Waals surface area (Å²) in [7, 11) is 4.06. The number of benzene rings is 2. The molecule has 0 radical (unpaired) electrons. The van der Waals surface area contributed by atoms with Crippen LogP contribution in [0.2, 0.25) is 0 Å². The molecular formula is C40H49N7O7. The molecule has 2 aliphatic rings. The van der Waals surface area contributed by atoms with E-state index in [1.807, 2.05) is 42.3 Å². The summed E-state index contributed by atoms with van der Waals surface area (Å²) < 4.78 is 15.2. The van der Waals surface area contributed by atoms with E-state index in [2.05, 4.69) is 44.5 Å². The van der Waals surface area contributed by atoms with Crippen LogP contribution in [0.3, 0.4) is 0 Å². The van der Waals surface area contributed by atoms with Gasteiger partial charge in [-0.15, -0.1) is 0 Å². The van der Waals surface area contributed by atoms with Gasteiger partial charge in [0.2, 0.25) is 11.8 Å². The van der Waals surface area contributed by atoms with Crippen molar-refractivity contribution in [3.63, 3.8) is 0 Å². The first-order valence-corrected chi connectivity index (χ1v) is 18.5. The number of carbonyl (C=O) groups is 4. The summed E-state index contributed by atoms with van der Waals surface area (Å²) in [6, 6.07) is 14.8. The van der Waals surface area contributed by atoms with Crippen molar-refractivity contribution in [2.75, 3.05) is 34.4 Å². The van der Waals surface area contributed by atoms with Crippen molar-refractivity contribution in [1.82, 2.24) is 35.1 Å². The molecule has 0 spiro atoms. The van der Waals surface area contributed by atoms with Gasteiger partial charge in [0.05, 0.1) is 62.1 Å². The smallest absolute Gasteiger partial charge is 0.407 e. The first kappa shape index (κ1) is 38.2. The van der Waals surface area contributed by atoms with Crippen LogP contribution in [0.4, 0.5) is 4.79 Å². The first-order valence-electron chi connectivity index (χ1n) is 18.5. The Morgan fingerprint density at radius 3 is 2.06 bits per heavy atom. The second-order valence-electron chi connectivity index (χ2n) is 13.8. The van der Waals surface area contributed by atoms with E-state index < -0.39 is 30.3 Å². The summed E-state index contributed by atoms with van der Waals surface area (Å²) in [5.74, 6) is 0.825. The Hall–Kier alpha value is -5.50. The van der Waals surface area contributed by atoms with Gasteiger partial charge in [-0.2, -0.15) is 0 Å². The van der Waals surface area contributed by atoms with E-state index >= 15 is 0 Å². The maximum absolute atomic E-state index is 13.8. The van der Waals surface area contributed by atoms with Gasteiger partial charge in [0, 0.05) is 32.2 Å². The first-order chi connectivity index (χ1) is 26.1. The highest BCUT2D eigenvalue weighted by atomic mass is 16.5. The molecule has 0 saturated carbocycles. The monoisotopic (exact) mass is 739 g/mol. The molecule has 4 atom stereocenters. The van der Waals surface area contributed by atoms with Gasteiger partial charge in [0.15, 0.2) is 0 Å². The summed E-state index contributed by atoms with van der Waals surface area (Å²) in [6.07, 6.45) is 5.13. The minimum absolute atomic E-state index is 0.0127. The average molecular weight is 740 g/mol. The van der Waals surface area contributed by atoms with Gasteiger partial charge in [0.1, 0.15) is 17.7 Å². The fraction of sp³-hybridized carbons (Fsp3) is 0.450. The Morgan fingerprint density at radius 1 is 0.833 bits per heavy atom. The minimum Gasteiger partial charge on any atom is -0.469 e. The number of amides is 3. The van der Waals surface area contributed by atoms with Crippen LogP contribution in [0.25, 0.3) is 33.6 Å². The van der Waals surface area contributed by atoms with Gasteiger partial charge in [-0.25, -0.2) is 14.8 Å². The maximum Gasteiger partial charge on any atom is 0.407 e. The normalized spacial score (nSPS) is 18.0. The lowest BCUT2D eigenvalue weighted by Gasteiger charge is -2.30. The zero-order chi connectivity index (χ0) is 38.4. The van der Waals surface area contributed by atoms with Gasteiger partial charge in [-0.1, -0.05) is 55.5 Å². The molecule has 14 nitrogen and oxygen atoms in total. The fourth-order valence-electron chi connectivity index (χ4n) is 7.39. The topological polar surface area (TPSA) is 172 Å². The Kier molecular flexibility index (Phi) is 12.1. The van der Waals surface area contributed by atoms with Crippen molar-refractivity contribution in [3.05, 3.63) is 72.1 Å². The lowest BCUT2D eigenvalue weighted by molar-refractivity contribution is -0.140. The number of aromatic amines is 2. The molecule has 2 fully saturated rings. The van der Waals surface area contributed by atoms with E-state index in [1.54, 1.807) is 11.8 Å². The molecule has 3 N–H and O–H groups in total. The quantitative estimate of drug-likeness (QED) is 0.145. The van der Waals surface area contributed by atoms with Crippen LogP contribution >= 0.6 is 0 Å². The molecule has 4 heterocycles. The summed E-state index contributed by atoms with van der Waals surface area (Å²) in [5, 5.41) is 2.61. The lowest BCUT2D eigenvalue weighted by Crippen LogP contribution is -2.54. The number of hydrogen-bond acceptors (Lipinski definition) is 9. The van der Waals surface area contributed by atoms with Crippen molar-refractivity contribution in [3.8, 4) is 33.6 Å². The predicted octanol–water partition coefficient (Wildman–Crippen LogP) is 5.74. The van der Waals surface area contributed by atoms with Crippen molar-refractivity contribution in [2.45, 2.75) is 83.0 Å². The van der Waals surface area contributed by atoms with E-state index in [4.69, 9.17) is 19.2 Å². The highest BCUT2D eigenvalue weighted by Crippen LogP contribution is 2.36. The van der Waals surface area contributed by atoms with Crippen LogP contribution in [-0.2, 0) is 35.0 Å². The van der Waals surface area contributed by atoms with Crippen LogP contribution < -0.4 is 5.32 Å². The van der Waals surface area contributed by atoms with Crippen LogP contribution in [-0.4, -0.2) is 100 Å². The number of H-pyrrole nitrogens is 2. The third-order valence-corrected chi connectivity index (χ3v) is 10.4. The molecular weight excluding hydrogens is 690 g/mol. The molecule has 2 aliphatic heterocycles. The van der Waals surface area contributed by atoms with Crippen molar-refractivity contribution >= 4 is 23.9 Å². The number of nitrogens with one attached hydrogen (secondary N) is 3. The van der Waals surface area contributed by atoms with Crippen LogP contribution in [0.1, 0.15) is 81.8 Å². The molecule has 54 heavy (non-hydrogen) atoms. The predicted molar refractivity (Wildman–Crippen MR) is 201 cm³/mol. The Labute approximate surface area is 315 Å². The SMILES string of the molecule is CCCC(=O)N1CCC[C@H]1c1ncc(-c2ccc(-c3ccc(-c4nc([C@@H]5CCCN5C(=O)[C@@H](NC(=O)OC)[C@@H](C)OC)[nH]c4CC(=O)OC)cc3)cc2)[nH]1. The molecule has 0 unspecified atom stereocenters. The molecule has 14 heteroatoms. The van der Waals surface area contributed by atoms with Crippen molar-refractivity contribution in [2.24, 2.45) is 0 Å². The highest BCUT2D eigenvalue weighted by Gasteiger charge is 2.39. The van der Waals surface area contributed by atoms with Gasteiger partial charge in [-0.05, 0) is 55.7 Å². The summed E-state index contributed by atoms with van der Waals surface area (Å²) >= 11 is 0. The number of methoxy groups -OCH3 is 3. The molecule has 4 aromatic rings. The molecule has 0 bridgehead atoms.